The maximum Gasteiger partial charge on any atom is 0.407 e. The van der Waals surface area contributed by atoms with E-state index in [1.54, 1.807) is 0 Å². The highest BCUT2D eigenvalue weighted by atomic mass is 16.6. The number of likely N-dealkylation sites (tertiary alicyclic amines) is 1. The average molecular weight is 252 g/mol. The standard InChI is InChI=1S/C13H20N2O3/c1-9-3-2-6-15(7-9)11(16)10-4-5-13(10)8-18-12(17)14-13/h9-10H,2-8H2,1H3,(H,14,17). The molecule has 0 radical (unpaired) electrons. The second-order valence-corrected chi connectivity index (χ2v) is 5.98. The van der Waals surface area contributed by atoms with Crippen LogP contribution in [0.2, 0.25) is 0 Å². The van der Waals surface area contributed by atoms with Crippen molar-refractivity contribution in [3.05, 3.63) is 0 Å². The Balaban J connectivity index is 1.68. The third-order valence-electron chi connectivity index (χ3n) is 4.62. The first-order valence-corrected chi connectivity index (χ1v) is 6.84. The second kappa shape index (κ2) is 4.14. The predicted molar refractivity (Wildman–Crippen MR) is 64.9 cm³/mol. The molecule has 1 N–H and O–H groups in total. The molecule has 2 saturated heterocycles. The van der Waals surface area contributed by atoms with E-state index in [1.165, 1.54) is 6.42 Å². The van der Waals surface area contributed by atoms with Gasteiger partial charge < -0.3 is 15.0 Å². The summed E-state index contributed by atoms with van der Waals surface area (Å²) in [6.45, 7) is 4.27. The Labute approximate surface area is 107 Å². The quantitative estimate of drug-likeness (QED) is 0.761. The molecule has 0 aromatic rings. The Morgan fingerprint density at radius 1 is 1.50 bits per heavy atom. The number of hydrogen-bond acceptors (Lipinski definition) is 3. The number of cyclic esters (lactones) is 1. The van der Waals surface area contributed by atoms with E-state index in [9.17, 15) is 9.59 Å². The maximum atomic E-state index is 12.5. The minimum Gasteiger partial charge on any atom is -0.447 e. The van der Waals surface area contributed by atoms with E-state index in [0.717, 1.165) is 32.4 Å². The molecule has 3 fully saturated rings. The number of nitrogens with one attached hydrogen (secondary N) is 1. The van der Waals surface area contributed by atoms with Gasteiger partial charge >= 0.3 is 6.09 Å². The Kier molecular flexibility index (Phi) is 2.72. The summed E-state index contributed by atoms with van der Waals surface area (Å²) >= 11 is 0. The van der Waals surface area contributed by atoms with Crippen LogP contribution in [0, 0.1) is 11.8 Å². The first kappa shape index (κ1) is 11.8. The monoisotopic (exact) mass is 252 g/mol. The van der Waals surface area contributed by atoms with E-state index < -0.39 is 5.54 Å². The zero-order valence-corrected chi connectivity index (χ0v) is 10.8. The summed E-state index contributed by atoms with van der Waals surface area (Å²) in [4.78, 5) is 25.7. The molecule has 2 heterocycles. The SMILES string of the molecule is CC1CCCN(C(=O)C2CCC23COC(=O)N3)C1. The zero-order chi connectivity index (χ0) is 12.8. The van der Waals surface area contributed by atoms with Crippen molar-refractivity contribution in [3.8, 4) is 0 Å². The number of piperidine rings is 1. The van der Waals surface area contributed by atoms with Gasteiger partial charge in [0.15, 0.2) is 0 Å². The summed E-state index contributed by atoms with van der Waals surface area (Å²) < 4.78 is 4.98. The highest BCUT2D eigenvalue weighted by Crippen LogP contribution is 2.42. The summed E-state index contributed by atoms with van der Waals surface area (Å²) in [5.74, 6) is 0.723. The highest BCUT2D eigenvalue weighted by molar-refractivity contribution is 5.84. The average Bonchev–Trinajstić information content (AvgIpc) is 2.72. The van der Waals surface area contributed by atoms with Crippen molar-refractivity contribution in [2.75, 3.05) is 19.7 Å². The van der Waals surface area contributed by atoms with E-state index in [-0.39, 0.29) is 17.9 Å². The molecule has 5 heteroatoms. The van der Waals surface area contributed by atoms with E-state index in [4.69, 9.17) is 4.74 Å². The third kappa shape index (κ3) is 1.76. The molecular formula is C13H20N2O3. The lowest BCUT2D eigenvalue weighted by atomic mass is 9.66. The van der Waals surface area contributed by atoms with Gasteiger partial charge in [0.2, 0.25) is 5.91 Å². The Morgan fingerprint density at radius 2 is 2.33 bits per heavy atom. The molecule has 3 atom stereocenters. The largest absolute Gasteiger partial charge is 0.447 e. The van der Waals surface area contributed by atoms with Crippen molar-refractivity contribution in [2.24, 2.45) is 11.8 Å². The molecule has 0 aromatic heterocycles. The molecule has 1 spiro atoms. The molecule has 18 heavy (non-hydrogen) atoms. The zero-order valence-electron chi connectivity index (χ0n) is 10.8. The van der Waals surface area contributed by atoms with Gasteiger partial charge in [-0.3, -0.25) is 4.79 Å². The Bertz CT molecular complexity index is 384. The molecule has 0 aromatic carbocycles. The molecule has 0 bridgehead atoms. The van der Waals surface area contributed by atoms with Gasteiger partial charge in [-0.05, 0) is 31.6 Å². The molecule has 100 valence electrons. The predicted octanol–water partition coefficient (Wildman–Crippen LogP) is 1.13. The highest BCUT2D eigenvalue weighted by Gasteiger charge is 2.56. The normalized spacial score (nSPS) is 39.2. The lowest BCUT2D eigenvalue weighted by Gasteiger charge is -2.46. The minimum absolute atomic E-state index is 0.0748. The summed E-state index contributed by atoms with van der Waals surface area (Å²) in [6, 6.07) is 0. The molecule has 3 unspecified atom stereocenters. The van der Waals surface area contributed by atoms with E-state index in [1.807, 2.05) is 4.90 Å². The number of carbonyl (C=O) groups is 2. The van der Waals surface area contributed by atoms with Gasteiger partial charge in [0.1, 0.15) is 6.61 Å². The molecule has 5 nitrogen and oxygen atoms in total. The Hall–Kier alpha value is -1.26. The van der Waals surface area contributed by atoms with Crippen molar-refractivity contribution in [2.45, 2.75) is 38.1 Å². The number of amides is 2. The summed E-state index contributed by atoms with van der Waals surface area (Å²) in [6.07, 6.45) is 3.65. The lowest BCUT2D eigenvalue weighted by molar-refractivity contribution is -0.145. The minimum atomic E-state index is -0.394. The van der Waals surface area contributed by atoms with E-state index >= 15 is 0 Å². The van der Waals surface area contributed by atoms with Crippen molar-refractivity contribution in [1.29, 1.82) is 0 Å². The van der Waals surface area contributed by atoms with Crippen LogP contribution in [0.5, 0.6) is 0 Å². The van der Waals surface area contributed by atoms with Crippen molar-refractivity contribution in [1.82, 2.24) is 10.2 Å². The van der Waals surface area contributed by atoms with Gasteiger partial charge in [0.25, 0.3) is 0 Å². The number of ether oxygens (including phenoxy) is 1. The third-order valence-corrected chi connectivity index (χ3v) is 4.62. The summed E-state index contributed by atoms with van der Waals surface area (Å²) in [5, 5.41) is 2.84. The van der Waals surface area contributed by atoms with Crippen LogP contribution >= 0.6 is 0 Å². The fourth-order valence-electron chi connectivity index (χ4n) is 3.40. The topological polar surface area (TPSA) is 58.6 Å². The molecule has 1 saturated carbocycles. The number of carbonyl (C=O) groups excluding carboxylic acids is 2. The molecule has 2 aliphatic heterocycles. The second-order valence-electron chi connectivity index (χ2n) is 5.98. The molecular weight excluding hydrogens is 232 g/mol. The van der Waals surface area contributed by atoms with Crippen LogP contribution in [0.1, 0.15) is 32.6 Å². The lowest BCUT2D eigenvalue weighted by Crippen LogP contribution is -2.63. The smallest absolute Gasteiger partial charge is 0.407 e. The fourth-order valence-corrected chi connectivity index (χ4v) is 3.40. The molecule has 2 amide bonds. The van der Waals surface area contributed by atoms with E-state index in [0.29, 0.717) is 12.5 Å². The first-order chi connectivity index (χ1) is 8.61. The number of hydrogen-bond donors (Lipinski definition) is 1. The van der Waals surface area contributed by atoms with Crippen LogP contribution in [0.4, 0.5) is 4.79 Å². The van der Waals surface area contributed by atoms with Crippen LogP contribution in [0.3, 0.4) is 0 Å². The number of rotatable bonds is 1. The number of alkyl carbamates (subject to hydrolysis) is 1. The Morgan fingerprint density at radius 3 is 2.89 bits per heavy atom. The van der Waals surface area contributed by atoms with Gasteiger partial charge in [-0.25, -0.2) is 4.79 Å². The van der Waals surface area contributed by atoms with Crippen LogP contribution in [-0.4, -0.2) is 42.1 Å². The van der Waals surface area contributed by atoms with Crippen molar-refractivity contribution in [3.63, 3.8) is 0 Å². The molecule has 3 aliphatic rings. The fraction of sp³-hybridized carbons (Fsp3) is 0.846. The van der Waals surface area contributed by atoms with Crippen LogP contribution in [-0.2, 0) is 9.53 Å². The molecule has 3 rings (SSSR count). The summed E-state index contributed by atoms with van der Waals surface area (Å²) in [7, 11) is 0. The number of nitrogens with zero attached hydrogens (tertiary/aromatic N) is 1. The van der Waals surface area contributed by atoms with Gasteiger partial charge in [-0.1, -0.05) is 6.92 Å². The van der Waals surface area contributed by atoms with Gasteiger partial charge in [0.05, 0.1) is 11.5 Å². The summed E-state index contributed by atoms with van der Waals surface area (Å²) in [5.41, 5.74) is -0.394. The van der Waals surface area contributed by atoms with Gasteiger partial charge in [0, 0.05) is 13.1 Å². The first-order valence-electron chi connectivity index (χ1n) is 6.84. The van der Waals surface area contributed by atoms with E-state index in [2.05, 4.69) is 12.2 Å². The van der Waals surface area contributed by atoms with Crippen LogP contribution in [0.25, 0.3) is 0 Å². The van der Waals surface area contributed by atoms with Crippen molar-refractivity contribution < 1.29 is 14.3 Å². The van der Waals surface area contributed by atoms with Gasteiger partial charge in [-0.2, -0.15) is 0 Å². The van der Waals surface area contributed by atoms with Crippen LogP contribution < -0.4 is 5.32 Å². The van der Waals surface area contributed by atoms with Crippen LogP contribution in [0.15, 0.2) is 0 Å². The van der Waals surface area contributed by atoms with Gasteiger partial charge in [-0.15, -0.1) is 0 Å². The molecule has 1 aliphatic carbocycles. The van der Waals surface area contributed by atoms with Crippen molar-refractivity contribution >= 4 is 12.0 Å². The maximum absolute atomic E-state index is 12.5.